The number of imide groups is 1. The maximum absolute atomic E-state index is 13.1. The van der Waals surface area contributed by atoms with Gasteiger partial charge in [-0.15, -0.1) is 5.10 Å². The van der Waals surface area contributed by atoms with E-state index in [1.165, 1.54) is 11.2 Å². The fraction of sp³-hybridized carbons (Fsp3) is 0.565. The molecule has 2 saturated heterocycles. The second-order valence-electron chi connectivity index (χ2n) is 9.84. The van der Waals surface area contributed by atoms with Crippen molar-refractivity contribution in [1.29, 1.82) is 0 Å². The number of ether oxygens (including phenoxy) is 1. The number of benzene rings is 1. The Morgan fingerprint density at radius 1 is 1.11 bits per heavy atom. The zero-order valence-electron chi connectivity index (χ0n) is 20.1. The van der Waals surface area contributed by atoms with E-state index >= 15 is 0 Å². The molecule has 0 radical (unpaired) electrons. The second-order valence-corrected chi connectivity index (χ2v) is 10.3. The lowest BCUT2D eigenvalue weighted by Gasteiger charge is -2.29. The maximum atomic E-state index is 13.1. The summed E-state index contributed by atoms with van der Waals surface area (Å²) in [5.41, 5.74) is 0.964. The van der Waals surface area contributed by atoms with Crippen molar-refractivity contribution < 1.29 is 19.1 Å². The predicted molar refractivity (Wildman–Crippen MR) is 127 cm³/mol. The molecule has 1 aromatic heterocycles. The van der Waals surface area contributed by atoms with Gasteiger partial charge >= 0.3 is 6.09 Å². The largest absolute Gasteiger partial charge is 0.444 e. The molecule has 0 unspecified atom stereocenters. The van der Waals surface area contributed by atoms with Crippen LogP contribution in [0.5, 0.6) is 0 Å². The first-order valence-corrected chi connectivity index (χ1v) is 12.1. The first-order valence-electron chi connectivity index (χ1n) is 11.7. The van der Waals surface area contributed by atoms with Crippen LogP contribution >= 0.6 is 11.6 Å². The summed E-state index contributed by atoms with van der Waals surface area (Å²) in [6, 6.07) is 4.22. The third kappa shape index (κ3) is 5.96. The Labute approximate surface area is 208 Å². The monoisotopic (exact) mass is 503 g/mol. The number of rotatable bonds is 5. The van der Waals surface area contributed by atoms with Crippen LogP contribution in [0, 0.1) is 0 Å². The van der Waals surface area contributed by atoms with Crippen molar-refractivity contribution in [2.24, 2.45) is 0 Å². The van der Waals surface area contributed by atoms with Crippen LogP contribution in [0.4, 0.5) is 4.79 Å². The molecule has 12 heteroatoms. The molecule has 3 heterocycles. The van der Waals surface area contributed by atoms with Crippen molar-refractivity contribution in [3.63, 3.8) is 0 Å². The summed E-state index contributed by atoms with van der Waals surface area (Å²) in [5, 5.41) is 14.5. The maximum Gasteiger partial charge on any atom is 0.410 e. The molecular weight excluding hydrogens is 474 g/mol. The molecule has 2 aliphatic rings. The average molecular weight is 504 g/mol. The smallest absolute Gasteiger partial charge is 0.410 e. The van der Waals surface area contributed by atoms with Gasteiger partial charge < -0.3 is 4.74 Å². The van der Waals surface area contributed by atoms with E-state index in [0.717, 1.165) is 17.7 Å². The average Bonchev–Trinajstić information content (AvgIpc) is 3.54. The van der Waals surface area contributed by atoms with Crippen LogP contribution in [-0.2, 0) is 20.9 Å². The lowest BCUT2D eigenvalue weighted by molar-refractivity contribution is -0.135. The van der Waals surface area contributed by atoms with Gasteiger partial charge in [0.1, 0.15) is 18.0 Å². The number of tetrazole rings is 1. The van der Waals surface area contributed by atoms with Gasteiger partial charge in [0.05, 0.1) is 11.7 Å². The molecule has 1 N–H and O–H groups in total. The van der Waals surface area contributed by atoms with Crippen molar-refractivity contribution in [2.45, 2.75) is 70.7 Å². The van der Waals surface area contributed by atoms with Crippen molar-refractivity contribution in [1.82, 2.24) is 35.3 Å². The quantitative estimate of drug-likeness (QED) is 0.617. The number of amides is 3. The number of nitrogens with one attached hydrogen (secondary N) is 1. The number of nitrogens with zero attached hydrogens (tertiary/aromatic N) is 6. The van der Waals surface area contributed by atoms with E-state index in [9.17, 15) is 14.4 Å². The third-order valence-electron chi connectivity index (χ3n) is 6.11. The van der Waals surface area contributed by atoms with Crippen molar-refractivity contribution in [3.05, 3.63) is 35.1 Å². The number of carbonyl (C=O) groups is 3. The van der Waals surface area contributed by atoms with Crippen LogP contribution < -0.4 is 5.32 Å². The fourth-order valence-corrected chi connectivity index (χ4v) is 4.77. The highest BCUT2D eigenvalue weighted by molar-refractivity contribution is 6.30. The molecule has 0 spiro atoms. The van der Waals surface area contributed by atoms with Gasteiger partial charge in [-0.05, 0) is 87.2 Å². The molecule has 11 nitrogen and oxygen atoms in total. The van der Waals surface area contributed by atoms with E-state index in [4.69, 9.17) is 16.3 Å². The highest BCUT2D eigenvalue weighted by Gasteiger charge is 2.39. The van der Waals surface area contributed by atoms with Crippen LogP contribution in [0.3, 0.4) is 0 Å². The molecule has 2 aliphatic heterocycles. The third-order valence-corrected chi connectivity index (χ3v) is 6.34. The van der Waals surface area contributed by atoms with E-state index in [1.54, 1.807) is 31.5 Å². The van der Waals surface area contributed by atoms with Crippen LogP contribution in [0.1, 0.15) is 52.0 Å². The topological polar surface area (TPSA) is 123 Å². The van der Waals surface area contributed by atoms with Gasteiger partial charge in [-0.1, -0.05) is 11.6 Å². The Balaban J connectivity index is 1.43. The minimum atomic E-state index is -0.719. The van der Waals surface area contributed by atoms with Crippen LogP contribution in [-0.4, -0.2) is 78.7 Å². The zero-order valence-corrected chi connectivity index (χ0v) is 20.9. The molecule has 1 aromatic carbocycles. The molecule has 2 atom stereocenters. The Hall–Kier alpha value is -3.05. The molecule has 0 bridgehead atoms. The Morgan fingerprint density at radius 2 is 1.83 bits per heavy atom. The number of carbonyl (C=O) groups excluding carboxylic acids is 3. The van der Waals surface area contributed by atoms with E-state index in [1.807, 2.05) is 17.0 Å². The van der Waals surface area contributed by atoms with Gasteiger partial charge in [-0.2, -0.15) is 0 Å². The minimum absolute atomic E-state index is 0.366. The van der Waals surface area contributed by atoms with Crippen molar-refractivity contribution in [2.75, 3.05) is 13.1 Å². The van der Waals surface area contributed by atoms with Gasteiger partial charge in [0, 0.05) is 18.1 Å². The summed E-state index contributed by atoms with van der Waals surface area (Å²) in [6.45, 7) is 6.89. The minimum Gasteiger partial charge on any atom is -0.444 e. The number of likely N-dealkylation sites (tertiary alicyclic amines) is 2. The van der Waals surface area contributed by atoms with Gasteiger partial charge in [0.15, 0.2) is 0 Å². The molecule has 2 aromatic rings. The Kier molecular flexibility index (Phi) is 7.36. The molecule has 35 heavy (non-hydrogen) atoms. The van der Waals surface area contributed by atoms with Crippen LogP contribution in [0.25, 0.3) is 5.69 Å². The molecule has 4 rings (SSSR count). The molecule has 0 aliphatic carbocycles. The van der Waals surface area contributed by atoms with Crippen molar-refractivity contribution >= 4 is 29.5 Å². The summed E-state index contributed by atoms with van der Waals surface area (Å²) >= 11 is 6.24. The van der Waals surface area contributed by atoms with E-state index < -0.39 is 29.7 Å². The molecule has 2 fully saturated rings. The Morgan fingerprint density at radius 3 is 2.54 bits per heavy atom. The van der Waals surface area contributed by atoms with E-state index in [-0.39, 0.29) is 5.91 Å². The number of halogens is 1. The second kappa shape index (κ2) is 10.3. The number of hydrogen-bond donors (Lipinski definition) is 1. The zero-order chi connectivity index (χ0) is 25.2. The molecule has 3 amide bonds. The summed E-state index contributed by atoms with van der Waals surface area (Å²) in [6.07, 6.45) is 3.57. The standard InChI is InChI=1S/C23H30ClN7O4/c1-23(2,3)35-22(34)30-11-5-7-19(30)21(33)26-20(32)18-6-4-10-29(18)13-15-12-16(24)8-9-17(15)31-14-25-27-28-31/h8-9,12,14,18-19H,4-7,10-11,13H2,1-3H3,(H,26,32,33)/t18-,19+/m0/s1. The predicted octanol–water partition coefficient (Wildman–Crippen LogP) is 2.32. The van der Waals surface area contributed by atoms with Crippen LogP contribution in [0.2, 0.25) is 5.02 Å². The molecule has 188 valence electrons. The van der Waals surface area contributed by atoms with Gasteiger partial charge in [-0.3, -0.25) is 24.7 Å². The Bertz CT molecular complexity index is 1090. The van der Waals surface area contributed by atoms with E-state index in [0.29, 0.717) is 43.9 Å². The normalized spacial score (nSPS) is 20.7. The lowest BCUT2D eigenvalue weighted by Crippen LogP contribution is -2.52. The SMILES string of the molecule is CC(C)(C)OC(=O)N1CCC[C@@H]1C(=O)NC(=O)[C@@H]1CCCN1Cc1cc(Cl)ccc1-n1cnnn1. The summed E-state index contributed by atoms with van der Waals surface area (Å²) in [5.74, 6) is -0.836. The summed E-state index contributed by atoms with van der Waals surface area (Å²) < 4.78 is 6.98. The highest BCUT2D eigenvalue weighted by atomic mass is 35.5. The molecular formula is C23H30ClN7O4. The van der Waals surface area contributed by atoms with Crippen LogP contribution in [0.15, 0.2) is 24.5 Å². The van der Waals surface area contributed by atoms with Gasteiger partial charge in [0.25, 0.3) is 0 Å². The van der Waals surface area contributed by atoms with Gasteiger partial charge in [-0.25, -0.2) is 9.48 Å². The number of aromatic nitrogens is 4. The summed E-state index contributed by atoms with van der Waals surface area (Å²) in [7, 11) is 0. The first-order chi connectivity index (χ1) is 16.6. The molecule has 0 saturated carbocycles. The van der Waals surface area contributed by atoms with E-state index in [2.05, 4.69) is 20.8 Å². The summed E-state index contributed by atoms with van der Waals surface area (Å²) in [4.78, 5) is 42.1. The fourth-order valence-electron chi connectivity index (χ4n) is 4.57. The van der Waals surface area contributed by atoms with Crippen molar-refractivity contribution in [3.8, 4) is 5.69 Å². The lowest BCUT2D eigenvalue weighted by atomic mass is 10.1. The first kappa shape index (κ1) is 25.1. The number of hydrogen-bond acceptors (Lipinski definition) is 8. The van der Waals surface area contributed by atoms with Gasteiger partial charge in [0.2, 0.25) is 11.8 Å². The highest BCUT2D eigenvalue weighted by Crippen LogP contribution is 2.26.